The summed E-state index contributed by atoms with van der Waals surface area (Å²) in [5, 5.41) is 18.2. The fourth-order valence-corrected chi connectivity index (χ4v) is 1.52. The SMILES string of the molecule is O=C(O)c1cc(-c2ccccc2)ccc1O.[Zn]. The first kappa shape index (κ1) is 13.4. The van der Waals surface area contributed by atoms with Crippen molar-refractivity contribution < 1.29 is 34.5 Å². The summed E-state index contributed by atoms with van der Waals surface area (Å²) in [6, 6.07) is 14.0. The van der Waals surface area contributed by atoms with E-state index < -0.39 is 5.97 Å². The molecule has 17 heavy (non-hydrogen) atoms. The van der Waals surface area contributed by atoms with Gasteiger partial charge in [0.15, 0.2) is 0 Å². The number of benzene rings is 2. The van der Waals surface area contributed by atoms with Gasteiger partial charge in [-0.25, -0.2) is 4.79 Å². The van der Waals surface area contributed by atoms with Crippen LogP contribution in [0, 0.1) is 0 Å². The van der Waals surface area contributed by atoms with Gasteiger partial charge in [-0.3, -0.25) is 0 Å². The second-order valence-electron chi connectivity index (χ2n) is 3.40. The Morgan fingerprint density at radius 1 is 0.941 bits per heavy atom. The van der Waals surface area contributed by atoms with Crippen molar-refractivity contribution in [1.82, 2.24) is 0 Å². The van der Waals surface area contributed by atoms with Crippen LogP contribution in [-0.4, -0.2) is 16.2 Å². The molecular weight excluding hydrogens is 270 g/mol. The van der Waals surface area contributed by atoms with Crippen LogP contribution in [0.25, 0.3) is 11.1 Å². The van der Waals surface area contributed by atoms with E-state index in [1.165, 1.54) is 12.1 Å². The van der Waals surface area contributed by atoms with Crippen LogP contribution < -0.4 is 0 Å². The average Bonchev–Trinajstić information content (AvgIpc) is 2.30. The molecule has 0 heterocycles. The second kappa shape index (κ2) is 5.60. The fraction of sp³-hybridized carbons (Fsp3) is 0. The molecule has 0 amide bonds. The van der Waals surface area contributed by atoms with Crippen molar-refractivity contribution in [2.75, 3.05) is 0 Å². The summed E-state index contributed by atoms with van der Waals surface area (Å²) in [5.74, 6) is -1.34. The molecule has 0 saturated carbocycles. The van der Waals surface area contributed by atoms with E-state index in [1.807, 2.05) is 30.3 Å². The summed E-state index contributed by atoms with van der Waals surface area (Å²) < 4.78 is 0. The number of carboxylic acid groups (broad SMARTS) is 1. The van der Waals surface area contributed by atoms with E-state index in [9.17, 15) is 9.90 Å². The zero-order valence-electron chi connectivity index (χ0n) is 9.13. The molecule has 82 valence electrons. The second-order valence-corrected chi connectivity index (χ2v) is 3.40. The Hall–Kier alpha value is -1.67. The van der Waals surface area contributed by atoms with Crippen LogP contribution in [-0.2, 0) is 19.5 Å². The van der Waals surface area contributed by atoms with E-state index in [0.717, 1.165) is 11.1 Å². The molecule has 3 nitrogen and oxygen atoms in total. The van der Waals surface area contributed by atoms with Crippen LogP contribution in [0.15, 0.2) is 48.5 Å². The van der Waals surface area contributed by atoms with Crippen LogP contribution in [0.5, 0.6) is 5.75 Å². The zero-order chi connectivity index (χ0) is 11.5. The van der Waals surface area contributed by atoms with E-state index >= 15 is 0 Å². The predicted octanol–water partition coefficient (Wildman–Crippen LogP) is 2.75. The van der Waals surface area contributed by atoms with E-state index in [-0.39, 0.29) is 30.8 Å². The Morgan fingerprint density at radius 2 is 1.59 bits per heavy atom. The first-order chi connectivity index (χ1) is 7.68. The van der Waals surface area contributed by atoms with E-state index in [0.29, 0.717) is 0 Å². The smallest absolute Gasteiger partial charge is 0.339 e. The maximum atomic E-state index is 10.8. The third-order valence-corrected chi connectivity index (χ3v) is 2.33. The first-order valence-corrected chi connectivity index (χ1v) is 4.80. The topological polar surface area (TPSA) is 57.5 Å². The molecule has 0 aromatic heterocycles. The molecule has 0 saturated heterocycles. The number of carboxylic acids is 1. The van der Waals surface area contributed by atoms with Gasteiger partial charge in [0.25, 0.3) is 0 Å². The number of aromatic carboxylic acids is 1. The Labute approximate surface area is 111 Å². The number of rotatable bonds is 2. The summed E-state index contributed by atoms with van der Waals surface area (Å²) in [4.78, 5) is 10.8. The minimum atomic E-state index is -1.13. The zero-order valence-corrected chi connectivity index (χ0v) is 12.1. The van der Waals surface area contributed by atoms with Crippen LogP contribution in [0.2, 0.25) is 0 Å². The number of hydrogen-bond donors (Lipinski definition) is 2. The molecule has 4 heteroatoms. The van der Waals surface area contributed by atoms with Crippen molar-refractivity contribution in [2.24, 2.45) is 0 Å². The van der Waals surface area contributed by atoms with Crippen LogP contribution in [0.1, 0.15) is 10.4 Å². The van der Waals surface area contributed by atoms with Crippen LogP contribution >= 0.6 is 0 Å². The maximum absolute atomic E-state index is 10.8. The van der Waals surface area contributed by atoms with Crippen LogP contribution in [0.3, 0.4) is 0 Å². The van der Waals surface area contributed by atoms with Crippen molar-refractivity contribution in [3.8, 4) is 16.9 Å². The predicted molar refractivity (Wildman–Crippen MR) is 60.5 cm³/mol. The normalized spacial score (nSPS) is 9.41. The average molecular weight is 280 g/mol. The fourth-order valence-electron chi connectivity index (χ4n) is 1.52. The van der Waals surface area contributed by atoms with Crippen molar-refractivity contribution >= 4 is 5.97 Å². The molecule has 0 fully saturated rings. The third kappa shape index (κ3) is 2.92. The van der Waals surface area contributed by atoms with E-state index in [4.69, 9.17) is 5.11 Å². The van der Waals surface area contributed by atoms with Gasteiger partial charge in [-0.15, -0.1) is 0 Å². The van der Waals surface area contributed by atoms with Gasteiger partial charge in [0.05, 0.1) is 0 Å². The monoisotopic (exact) mass is 278 g/mol. The third-order valence-electron chi connectivity index (χ3n) is 2.33. The minimum absolute atomic E-state index is 0. The van der Waals surface area contributed by atoms with Gasteiger partial charge in [0.2, 0.25) is 0 Å². The summed E-state index contributed by atoms with van der Waals surface area (Å²) >= 11 is 0. The summed E-state index contributed by atoms with van der Waals surface area (Å²) in [7, 11) is 0. The van der Waals surface area contributed by atoms with Crippen molar-refractivity contribution in [3.63, 3.8) is 0 Å². The van der Waals surface area contributed by atoms with E-state index in [2.05, 4.69) is 0 Å². The number of hydrogen-bond acceptors (Lipinski definition) is 2. The van der Waals surface area contributed by atoms with Crippen molar-refractivity contribution in [3.05, 3.63) is 54.1 Å². The Bertz CT molecular complexity index is 523. The number of phenols is 1. The first-order valence-electron chi connectivity index (χ1n) is 4.80. The van der Waals surface area contributed by atoms with Crippen LogP contribution in [0.4, 0.5) is 0 Å². The summed E-state index contributed by atoms with van der Waals surface area (Å²) in [6.07, 6.45) is 0. The molecular formula is C13H10O3Zn. The van der Waals surface area contributed by atoms with Gasteiger partial charge >= 0.3 is 5.97 Å². The van der Waals surface area contributed by atoms with Gasteiger partial charge < -0.3 is 10.2 Å². The number of aromatic hydroxyl groups is 1. The molecule has 2 rings (SSSR count). The maximum Gasteiger partial charge on any atom is 0.339 e. The summed E-state index contributed by atoms with van der Waals surface area (Å²) in [6.45, 7) is 0. The van der Waals surface area contributed by atoms with Gasteiger partial charge in [0.1, 0.15) is 11.3 Å². The Morgan fingerprint density at radius 3 is 2.18 bits per heavy atom. The molecule has 0 radical (unpaired) electrons. The molecule has 0 aliphatic rings. The molecule has 0 atom stereocenters. The number of carbonyl (C=O) groups is 1. The van der Waals surface area contributed by atoms with Gasteiger partial charge in [-0.05, 0) is 23.3 Å². The standard InChI is InChI=1S/C13H10O3.Zn/c14-12-7-6-10(8-11(12)13(15)16)9-4-2-1-3-5-9;/h1-8,14H,(H,15,16);. The van der Waals surface area contributed by atoms with Crippen molar-refractivity contribution in [1.29, 1.82) is 0 Å². The molecule has 0 aliphatic heterocycles. The van der Waals surface area contributed by atoms with E-state index in [1.54, 1.807) is 6.07 Å². The largest absolute Gasteiger partial charge is 0.507 e. The van der Waals surface area contributed by atoms with Crippen molar-refractivity contribution in [2.45, 2.75) is 0 Å². The quantitative estimate of drug-likeness (QED) is 0.831. The minimum Gasteiger partial charge on any atom is -0.507 e. The Balaban J connectivity index is 0.00000144. The summed E-state index contributed by atoms with van der Waals surface area (Å²) in [5.41, 5.74) is 1.61. The van der Waals surface area contributed by atoms with Gasteiger partial charge in [0, 0.05) is 19.5 Å². The molecule has 0 spiro atoms. The molecule has 2 N–H and O–H groups in total. The molecule has 0 aliphatic carbocycles. The van der Waals surface area contributed by atoms with Gasteiger partial charge in [-0.1, -0.05) is 36.4 Å². The molecule has 0 unspecified atom stereocenters. The van der Waals surface area contributed by atoms with Gasteiger partial charge in [-0.2, -0.15) is 0 Å². The Kier molecular flexibility index (Phi) is 4.41. The molecule has 2 aromatic carbocycles. The molecule has 2 aromatic rings. The molecule has 0 bridgehead atoms.